The summed E-state index contributed by atoms with van der Waals surface area (Å²) in [5.41, 5.74) is 1.40. The summed E-state index contributed by atoms with van der Waals surface area (Å²) in [7, 11) is 1.64. The molecule has 1 aliphatic rings. The van der Waals surface area contributed by atoms with E-state index in [1.807, 2.05) is 0 Å². The molecule has 2 heterocycles. The minimum Gasteiger partial charge on any atom is -0.479 e. The van der Waals surface area contributed by atoms with Crippen molar-refractivity contribution in [3.8, 4) is 0 Å². The average Bonchev–Trinajstić information content (AvgIpc) is 3.23. The Bertz CT molecular complexity index is 790. The van der Waals surface area contributed by atoms with Crippen LogP contribution < -0.4 is 5.32 Å². The number of halogens is 1. The number of rotatable bonds is 6. The number of carbonyl (C=O) groups is 2. The lowest BCUT2D eigenvalue weighted by atomic mass is 10.1. The molecule has 2 atom stereocenters. The van der Waals surface area contributed by atoms with Gasteiger partial charge in [-0.2, -0.15) is 5.10 Å². The van der Waals surface area contributed by atoms with Gasteiger partial charge >= 0.3 is 5.97 Å². The molecule has 2 aromatic rings. The first-order chi connectivity index (χ1) is 12.4. The number of benzene rings is 1. The van der Waals surface area contributed by atoms with E-state index in [9.17, 15) is 19.1 Å². The lowest BCUT2D eigenvalue weighted by Gasteiger charge is -2.19. The van der Waals surface area contributed by atoms with Crippen LogP contribution >= 0.6 is 0 Å². The molecule has 1 aliphatic heterocycles. The van der Waals surface area contributed by atoms with Gasteiger partial charge in [-0.3, -0.25) is 14.4 Å². The lowest BCUT2D eigenvalue weighted by Crippen LogP contribution is -2.39. The molecule has 1 aromatic heterocycles. The van der Waals surface area contributed by atoms with Crippen molar-refractivity contribution >= 4 is 11.9 Å². The van der Waals surface area contributed by atoms with Crippen LogP contribution in [-0.2, 0) is 23.2 Å². The minimum atomic E-state index is -1.12. The highest BCUT2D eigenvalue weighted by molar-refractivity contribution is 5.85. The smallest absolute Gasteiger partial charge is 0.332 e. The molecule has 1 saturated heterocycles. The van der Waals surface area contributed by atoms with Crippen LogP contribution in [0.2, 0.25) is 0 Å². The van der Waals surface area contributed by atoms with Gasteiger partial charge in [-0.25, -0.2) is 9.18 Å². The summed E-state index contributed by atoms with van der Waals surface area (Å²) < 4.78 is 14.4. The van der Waals surface area contributed by atoms with Crippen LogP contribution in [0.25, 0.3) is 0 Å². The second kappa shape index (κ2) is 7.65. The Balaban J connectivity index is 1.59. The molecule has 0 spiro atoms. The molecule has 2 N–H and O–H groups in total. The highest BCUT2D eigenvalue weighted by atomic mass is 19.1. The number of amides is 1. The number of aliphatic carboxylic acids is 1. The molecule has 26 heavy (non-hydrogen) atoms. The number of aromatic nitrogens is 2. The topological polar surface area (TPSA) is 87.5 Å². The molecule has 1 aromatic carbocycles. The van der Waals surface area contributed by atoms with Gasteiger partial charge in [0.05, 0.1) is 11.6 Å². The standard InChI is InChI=1S/C18H21FN4O3/c1-22-15(6-8-20-22)16(18(25)26)21-17(24)13-7-9-23(11-13)10-12-2-4-14(19)5-3-12/h2-6,8,13,16H,7,9-11H2,1H3,(H,21,24)(H,25,26). The third-order valence-corrected chi connectivity index (χ3v) is 4.65. The summed E-state index contributed by atoms with van der Waals surface area (Å²) in [5, 5.41) is 16.0. The fourth-order valence-corrected chi connectivity index (χ4v) is 3.23. The maximum absolute atomic E-state index is 13.0. The molecule has 0 aliphatic carbocycles. The molecule has 0 radical (unpaired) electrons. The van der Waals surface area contributed by atoms with Crippen molar-refractivity contribution in [3.63, 3.8) is 0 Å². The Kier molecular flexibility index (Phi) is 5.32. The van der Waals surface area contributed by atoms with Crippen LogP contribution in [-0.4, -0.2) is 44.8 Å². The van der Waals surface area contributed by atoms with Gasteiger partial charge in [0, 0.05) is 26.3 Å². The van der Waals surface area contributed by atoms with Gasteiger partial charge in [-0.15, -0.1) is 0 Å². The number of hydrogen-bond donors (Lipinski definition) is 2. The van der Waals surface area contributed by atoms with Gasteiger partial charge in [-0.05, 0) is 36.7 Å². The van der Waals surface area contributed by atoms with Crippen molar-refractivity contribution in [2.45, 2.75) is 19.0 Å². The van der Waals surface area contributed by atoms with Crippen LogP contribution in [0.5, 0.6) is 0 Å². The van der Waals surface area contributed by atoms with Crippen LogP contribution in [0.3, 0.4) is 0 Å². The lowest BCUT2D eigenvalue weighted by molar-refractivity contribution is -0.142. The molecule has 7 nitrogen and oxygen atoms in total. The summed E-state index contributed by atoms with van der Waals surface area (Å²) in [6.07, 6.45) is 2.15. The van der Waals surface area contributed by atoms with Gasteiger partial charge in [0.2, 0.25) is 5.91 Å². The maximum atomic E-state index is 13.0. The number of likely N-dealkylation sites (tertiary alicyclic amines) is 1. The Hall–Kier alpha value is -2.74. The monoisotopic (exact) mass is 360 g/mol. The van der Waals surface area contributed by atoms with E-state index in [2.05, 4.69) is 15.3 Å². The van der Waals surface area contributed by atoms with Gasteiger partial charge < -0.3 is 10.4 Å². The van der Waals surface area contributed by atoms with Gasteiger partial charge in [-0.1, -0.05) is 12.1 Å². The van der Waals surface area contributed by atoms with Crippen molar-refractivity contribution < 1.29 is 19.1 Å². The van der Waals surface area contributed by atoms with Crippen molar-refractivity contribution in [3.05, 3.63) is 53.6 Å². The largest absolute Gasteiger partial charge is 0.479 e. The number of hydrogen-bond acceptors (Lipinski definition) is 4. The van der Waals surface area contributed by atoms with Crippen LogP contribution in [0.4, 0.5) is 4.39 Å². The van der Waals surface area contributed by atoms with Crippen molar-refractivity contribution in [1.82, 2.24) is 20.0 Å². The first kappa shape index (κ1) is 18.1. The number of carboxylic acids is 1. The zero-order valence-corrected chi connectivity index (χ0v) is 14.4. The van der Waals surface area contributed by atoms with E-state index < -0.39 is 12.0 Å². The summed E-state index contributed by atoms with van der Waals surface area (Å²) in [5.74, 6) is -1.95. The van der Waals surface area contributed by atoms with E-state index in [4.69, 9.17) is 0 Å². The second-order valence-corrected chi connectivity index (χ2v) is 6.51. The van der Waals surface area contributed by atoms with E-state index in [0.29, 0.717) is 25.2 Å². The molecule has 2 unspecified atom stereocenters. The number of carboxylic acid groups (broad SMARTS) is 1. The van der Waals surface area contributed by atoms with Crippen LogP contribution in [0, 0.1) is 11.7 Å². The maximum Gasteiger partial charge on any atom is 0.332 e. The Labute approximate surface area is 150 Å². The molecule has 3 rings (SSSR count). The average molecular weight is 360 g/mol. The summed E-state index contributed by atoms with van der Waals surface area (Å²) in [4.78, 5) is 26.2. The highest BCUT2D eigenvalue weighted by Crippen LogP contribution is 2.21. The quantitative estimate of drug-likeness (QED) is 0.811. The Morgan fingerprint density at radius 3 is 2.69 bits per heavy atom. The normalized spacial score (nSPS) is 18.6. The third kappa shape index (κ3) is 4.08. The molecule has 0 bridgehead atoms. The molecule has 1 amide bonds. The van der Waals surface area contributed by atoms with Gasteiger partial charge in [0.15, 0.2) is 6.04 Å². The summed E-state index contributed by atoms with van der Waals surface area (Å²) in [6.45, 7) is 1.91. The zero-order valence-electron chi connectivity index (χ0n) is 14.4. The van der Waals surface area contributed by atoms with Crippen LogP contribution in [0.15, 0.2) is 36.5 Å². The van der Waals surface area contributed by atoms with Crippen LogP contribution in [0.1, 0.15) is 23.7 Å². The fraction of sp³-hybridized carbons (Fsp3) is 0.389. The first-order valence-electron chi connectivity index (χ1n) is 8.42. The van der Waals surface area contributed by atoms with Gasteiger partial charge in [0.1, 0.15) is 5.82 Å². The first-order valence-corrected chi connectivity index (χ1v) is 8.42. The highest BCUT2D eigenvalue weighted by Gasteiger charge is 2.32. The molecule has 138 valence electrons. The summed E-state index contributed by atoms with van der Waals surface area (Å²) in [6, 6.07) is 6.74. The van der Waals surface area contributed by atoms with Crippen molar-refractivity contribution in [2.75, 3.05) is 13.1 Å². The second-order valence-electron chi connectivity index (χ2n) is 6.51. The van der Waals surface area contributed by atoms with Crippen molar-refractivity contribution in [2.24, 2.45) is 13.0 Å². The summed E-state index contributed by atoms with van der Waals surface area (Å²) >= 11 is 0. The predicted molar refractivity (Wildman–Crippen MR) is 91.5 cm³/mol. The fourth-order valence-electron chi connectivity index (χ4n) is 3.23. The van der Waals surface area contributed by atoms with Crippen molar-refractivity contribution in [1.29, 1.82) is 0 Å². The van der Waals surface area contributed by atoms with E-state index in [1.165, 1.54) is 23.0 Å². The molecule has 8 heteroatoms. The number of carbonyl (C=O) groups excluding carboxylic acids is 1. The van der Waals surface area contributed by atoms with E-state index in [0.717, 1.165) is 12.1 Å². The predicted octanol–water partition coefficient (Wildman–Crippen LogP) is 1.32. The third-order valence-electron chi connectivity index (χ3n) is 4.65. The zero-order chi connectivity index (χ0) is 18.7. The number of nitrogens with zero attached hydrogens (tertiary/aromatic N) is 3. The molecule has 1 fully saturated rings. The number of nitrogens with one attached hydrogen (secondary N) is 1. The molecular weight excluding hydrogens is 339 g/mol. The SMILES string of the molecule is Cn1nccc1C(NC(=O)C1CCN(Cc2ccc(F)cc2)C1)C(=O)O. The van der Waals surface area contributed by atoms with Gasteiger partial charge in [0.25, 0.3) is 0 Å². The van der Waals surface area contributed by atoms with E-state index >= 15 is 0 Å². The van der Waals surface area contributed by atoms with E-state index in [-0.39, 0.29) is 17.6 Å². The molecule has 0 saturated carbocycles. The Morgan fingerprint density at radius 1 is 1.35 bits per heavy atom. The number of aryl methyl sites for hydroxylation is 1. The molecular formula is C18H21FN4O3. The Morgan fingerprint density at radius 2 is 2.08 bits per heavy atom. The van der Waals surface area contributed by atoms with E-state index in [1.54, 1.807) is 25.2 Å². The minimum absolute atomic E-state index is 0.273.